The van der Waals surface area contributed by atoms with E-state index >= 15 is 0 Å². The molecule has 2 aliphatic rings. The van der Waals surface area contributed by atoms with Gasteiger partial charge >= 0.3 is 5.91 Å². The third kappa shape index (κ3) is 3.60. The third-order valence-corrected chi connectivity index (χ3v) is 6.88. The van der Waals surface area contributed by atoms with Crippen molar-refractivity contribution in [2.24, 2.45) is 0 Å². The first-order chi connectivity index (χ1) is 15.9. The summed E-state index contributed by atoms with van der Waals surface area (Å²) in [5, 5.41) is 20.5. The van der Waals surface area contributed by atoms with Crippen LogP contribution in [-0.4, -0.2) is 33.1 Å². The molecular formula is C25H23N3O4S. The lowest BCUT2D eigenvalue weighted by Gasteiger charge is -2.22. The van der Waals surface area contributed by atoms with Gasteiger partial charge in [0.25, 0.3) is 5.78 Å². The summed E-state index contributed by atoms with van der Waals surface area (Å²) in [6.45, 7) is 5.83. The van der Waals surface area contributed by atoms with E-state index in [9.17, 15) is 14.7 Å². The van der Waals surface area contributed by atoms with Gasteiger partial charge in [-0.15, -0.1) is 10.2 Å². The predicted octanol–water partition coefficient (Wildman–Crippen LogP) is 4.36. The van der Waals surface area contributed by atoms with Crippen molar-refractivity contribution >= 4 is 33.9 Å². The van der Waals surface area contributed by atoms with Crippen LogP contribution >= 0.6 is 11.3 Å². The molecule has 168 valence electrons. The van der Waals surface area contributed by atoms with Crippen molar-refractivity contribution in [1.29, 1.82) is 0 Å². The van der Waals surface area contributed by atoms with Crippen LogP contribution < -0.4 is 9.64 Å². The first kappa shape index (κ1) is 21.3. The minimum absolute atomic E-state index is 0.0454. The Morgan fingerprint density at radius 1 is 1.18 bits per heavy atom. The van der Waals surface area contributed by atoms with Crippen LogP contribution in [0.25, 0.3) is 5.76 Å². The number of hydrogen-bond acceptors (Lipinski definition) is 7. The number of aromatic nitrogens is 2. The molecule has 3 heterocycles. The number of benzene rings is 2. The highest BCUT2D eigenvalue weighted by Gasteiger charge is 2.48. The van der Waals surface area contributed by atoms with Crippen LogP contribution in [0, 0.1) is 6.92 Å². The van der Waals surface area contributed by atoms with Gasteiger partial charge in [0.1, 0.15) is 22.6 Å². The van der Waals surface area contributed by atoms with E-state index in [4.69, 9.17) is 4.74 Å². The number of aryl methyl sites for hydroxylation is 2. The molecule has 2 aliphatic heterocycles. The third-order valence-electron chi connectivity index (χ3n) is 6.04. The van der Waals surface area contributed by atoms with Crippen molar-refractivity contribution in [2.45, 2.75) is 45.8 Å². The number of carbonyl (C=O) groups excluding carboxylic acids is 2. The molecule has 0 saturated carbocycles. The van der Waals surface area contributed by atoms with Gasteiger partial charge in [-0.05, 0) is 55.2 Å². The average molecular weight is 462 g/mol. The quantitative estimate of drug-likeness (QED) is 0.353. The number of ether oxygens (including phenoxy) is 1. The van der Waals surface area contributed by atoms with E-state index < -0.39 is 17.7 Å². The smallest absolute Gasteiger partial charge is 0.301 e. The molecule has 0 aliphatic carbocycles. The van der Waals surface area contributed by atoms with Crippen LogP contribution in [0.3, 0.4) is 0 Å². The standard InChI is InChI=1S/C25H23N3O4S/c1-4-15-5-7-16(8-6-15)21-20(23(30)24(31)28(21)25-27-26-14(3)33-25)22(29)17-9-10-19-18(12-17)11-13(2)32-19/h5-10,12-13,21,29H,4,11H2,1-3H3/b22-20+/t13-,21+/m1/s1. The Bertz CT molecular complexity index is 1300. The molecule has 5 rings (SSSR count). The van der Waals surface area contributed by atoms with Gasteiger partial charge in [0.15, 0.2) is 0 Å². The second-order valence-electron chi connectivity index (χ2n) is 8.32. The van der Waals surface area contributed by atoms with Gasteiger partial charge in [-0.25, -0.2) is 0 Å². The van der Waals surface area contributed by atoms with E-state index in [1.54, 1.807) is 19.1 Å². The molecule has 8 heteroatoms. The minimum Gasteiger partial charge on any atom is -0.507 e. The highest BCUT2D eigenvalue weighted by Crippen LogP contribution is 2.43. The minimum atomic E-state index is -0.799. The zero-order valence-electron chi connectivity index (χ0n) is 18.5. The van der Waals surface area contributed by atoms with Crippen molar-refractivity contribution in [2.75, 3.05) is 4.90 Å². The Balaban J connectivity index is 1.67. The summed E-state index contributed by atoms with van der Waals surface area (Å²) in [5.41, 5.74) is 3.34. The Kier molecular flexibility index (Phi) is 5.25. The summed E-state index contributed by atoms with van der Waals surface area (Å²) in [4.78, 5) is 27.7. The number of carbonyl (C=O) groups is 2. The molecule has 33 heavy (non-hydrogen) atoms. The van der Waals surface area contributed by atoms with Crippen molar-refractivity contribution in [3.8, 4) is 5.75 Å². The Morgan fingerprint density at radius 2 is 1.94 bits per heavy atom. The summed E-state index contributed by atoms with van der Waals surface area (Å²) in [7, 11) is 0. The Hall–Kier alpha value is -3.52. The van der Waals surface area contributed by atoms with Crippen LogP contribution in [-0.2, 0) is 22.4 Å². The molecule has 1 amide bonds. The van der Waals surface area contributed by atoms with Crippen molar-refractivity contribution < 1.29 is 19.4 Å². The largest absolute Gasteiger partial charge is 0.507 e. The number of hydrogen-bond donors (Lipinski definition) is 1. The first-order valence-corrected chi connectivity index (χ1v) is 11.7. The number of anilines is 1. The van der Waals surface area contributed by atoms with Crippen LogP contribution in [0.2, 0.25) is 0 Å². The second kappa shape index (κ2) is 8.12. The molecule has 1 N–H and O–H groups in total. The fraction of sp³-hybridized carbons (Fsp3) is 0.280. The fourth-order valence-corrected chi connectivity index (χ4v) is 5.10. The SMILES string of the molecule is CCc1ccc([C@H]2/C(=C(\O)c3ccc4c(c3)C[C@@H](C)O4)C(=O)C(=O)N2c2nnc(C)s2)cc1. The fourth-order valence-electron chi connectivity index (χ4n) is 4.39. The van der Waals surface area contributed by atoms with Gasteiger partial charge in [-0.2, -0.15) is 0 Å². The molecule has 3 aromatic rings. The summed E-state index contributed by atoms with van der Waals surface area (Å²) in [6, 6.07) is 12.3. The molecule has 0 radical (unpaired) electrons. The lowest BCUT2D eigenvalue weighted by molar-refractivity contribution is -0.132. The lowest BCUT2D eigenvalue weighted by atomic mass is 9.94. The molecule has 1 aromatic heterocycles. The van der Waals surface area contributed by atoms with Crippen LogP contribution in [0.5, 0.6) is 5.75 Å². The second-order valence-corrected chi connectivity index (χ2v) is 9.48. The average Bonchev–Trinajstić information content (AvgIpc) is 3.48. The Morgan fingerprint density at radius 3 is 2.61 bits per heavy atom. The maximum atomic E-state index is 13.2. The van der Waals surface area contributed by atoms with Gasteiger partial charge in [0, 0.05) is 12.0 Å². The molecule has 1 fully saturated rings. The summed E-state index contributed by atoms with van der Waals surface area (Å²) in [5.74, 6) is -0.898. The maximum absolute atomic E-state index is 13.2. The van der Waals surface area contributed by atoms with Crippen molar-refractivity contribution in [3.05, 3.63) is 75.3 Å². The topological polar surface area (TPSA) is 92.6 Å². The van der Waals surface area contributed by atoms with E-state index in [1.165, 1.54) is 16.2 Å². The molecule has 0 unspecified atom stereocenters. The van der Waals surface area contributed by atoms with Gasteiger partial charge in [0.2, 0.25) is 5.13 Å². The molecule has 1 saturated heterocycles. The van der Waals surface area contributed by atoms with Crippen molar-refractivity contribution in [1.82, 2.24) is 10.2 Å². The van der Waals surface area contributed by atoms with Gasteiger partial charge in [-0.3, -0.25) is 14.5 Å². The van der Waals surface area contributed by atoms with Crippen LogP contribution in [0.15, 0.2) is 48.0 Å². The predicted molar refractivity (Wildman–Crippen MR) is 125 cm³/mol. The highest BCUT2D eigenvalue weighted by atomic mass is 32.1. The molecule has 2 atom stereocenters. The number of fused-ring (bicyclic) bond motifs is 1. The number of aliphatic hydroxyl groups is 1. The number of aliphatic hydroxyl groups excluding tert-OH is 1. The van der Waals surface area contributed by atoms with Gasteiger partial charge in [-0.1, -0.05) is 42.5 Å². The van der Waals surface area contributed by atoms with E-state index in [-0.39, 0.29) is 17.4 Å². The first-order valence-electron chi connectivity index (χ1n) is 10.9. The molecule has 2 aromatic carbocycles. The molecular weight excluding hydrogens is 438 g/mol. The molecule has 0 bridgehead atoms. The molecule has 0 spiro atoms. The number of Topliss-reactive ketones (excluding diaryl/α,β-unsaturated/α-hetero) is 1. The van der Waals surface area contributed by atoms with Gasteiger partial charge in [0.05, 0.1) is 11.6 Å². The van der Waals surface area contributed by atoms with E-state index in [2.05, 4.69) is 17.1 Å². The summed E-state index contributed by atoms with van der Waals surface area (Å²) < 4.78 is 5.75. The van der Waals surface area contributed by atoms with Crippen LogP contribution in [0.1, 0.15) is 47.2 Å². The zero-order chi connectivity index (χ0) is 23.3. The van der Waals surface area contributed by atoms with E-state index in [0.717, 1.165) is 35.3 Å². The zero-order valence-corrected chi connectivity index (χ0v) is 19.3. The van der Waals surface area contributed by atoms with E-state index in [1.807, 2.05) is 37.3 Å². The number of nitrogens with zero attached hydrogens (tertiary/aromatic N) is 3. The van der Waals surface area contributed by atoms with Crippen LogP contribution in [0.4, 0.5) is 5.13 Å². The van der Waals surface area contributed by atoms with E-state index in [0.29, 0.717) is 15.7 Å². The number of amides is 1. The Labute approximate surface area is 195 Å². The number of rotatable bonds is 4. The summed E-state index contributed by atoms with van der Waals surface area (Å²) >= 11 is 1.23. The maximum Gasteiger partial charge on any atom is 0.301 e. The van der Waals surface area contributed by atoms with Gasteiger partial charge < -0.3 is 9.84 Å². The normalized spacial score (nSPS) is 21.4. The number of ketones is 1. The van der Waals surface area contributed by atoms with Crippen molar-refractivity contribution in [3.63, 3.8) is 0 Å². The highest BCUT2D eigenvalue weighted by molar-refractivity contribution is 7.15. The monoisotopic (exact) mass is 461 g/mol. The molecule has 7 nitrogen and oxygen atoms in total. The lowest BCUT2D eigenvalue weighted by Crippen LogP contribution is -2.29. The summed E-state index contributed by atoms with van der Waals surface area (Å²) in [6.07, 6.45) is 1.64.